The van der Waals surface area contributed by atoms with Gasteiger partial charge < -0.3 is 21.5 Å². The van der Waals surface area contributed by atoms with Crippen LogP contribution in [-0.4, -0.2) is 46.2 Å². The minimum atomic E-state index is -1.07. The number of carboxylic acids is 1. The number of primary amides is 1. The van der Waals surface area contributed by atoms with E-state index in [1.54, 1.807) is 16.6 Å². The number of hydrogen-bond acceptors (Lipinski definition) is 8. The summed E-state index contributed by atoms with van der Waals surface area (Å²) >= 11 is 12.4. The van der Waals surface area contributed by atoms with Crippen molar-refractivity contribution in [1.82, 2.24) is 29.2 Å². The van der Waals surface area contributed by atoms with E-state index >= 15 is 0 Å². The molecule has 0 bridgehead atoms. The van der Waals surface area contributed by atoms with Crippen LogP contribution in [0, 0.1) is 0 Å². The molecule has 0 aliphatic rings. The van der Waals surface area contributed by atoms with Gasteiger partial charge in [0.1, 0.15) is 22.8 Å². The molecule has 4 heterocycles. The molecule has 8 rings (SSSR count). The number of aromatic carboxylic acids is 1. The zero-order valence-corrected chi connectivity index (χ0v) is 26.2. The van der Waals surface area contributed by atoms with E-state index in [0.717, 1.165) is 27.5 Å². The van der Waals surface area contributed by atoms with Crippen molar-refractivity contribution in [3.63, 3.8) is 0 Å². The number of amides is 1. The Balaban J connectivity index is 0.000000152. The van der Waals surface area contributed by atoms with Crippen molar-refractivity contribution in [1.29, 1.82) is 0 Å². The summed E-state index contributed by atoms with van der Waals surface area (Å²) in [7, 11) is 0. The van der Waals surface area contributed by atoms with Crippen LogP contribution >= 0.6 is 23.2 Å². The van der Waals surface area contributed by atoms with Crippen molar-refractivity contribution < 1.29 is 14.7 Å². The zero-order chi connectivity index (χ0) is 33.4. The Kier molecular flexibility index (Phi) is 7.93. The van der Waals surface area contributed by atoms with E-state index in [-0.39, 0.29) is 16.8 Å². The van der Waals surface area contributed by atoms with Crippen molar-refractivity contribution in [3.8, 4) is 0 Å². The first-order chi connectivity index (χ1) is 23.3. The number of carbonyl (C=O) groups excluding carboxylic acids is 1. The molecular formula is C34H23Cl2N9O3. The highest BCUT2D eigenvalue weighted by Crippen LogP contribution is 2.31. The number of halogens is 2. The van der Waals surface area contributed by atoms with E-state index in [0.29, 0.717) is 33.0 Å². The summed E-state index contributed by atoms with van der Waals surface area (Å²) < 4.78 is 3.13. The lowest BCUT2D eigenvalue weighted by Crippen LogP contribution is -2.11. The number of carboxylic acid groups (broad SMARTS) is 1. The molecule has 1 amide bonds. The number of carbonyl (C=O) groups is 2. The predicted octanol–water partition coefficient (Wildman–Crippen LogP) is 7.36. The standard InChI is InChI=1S/C17H12ClN5O.C17H11ClN4O2/c18-12-6-2-3-7-13(12)21-16-10-5-1-4-8-14(10)23-17(22-16)11(9-20-23)15(19)24;18-12-6-2-3-7-13(12)20-15-10-5-1-4-8-14(10)22-16(21-15)11(9-19-22)17(23)24/h1-9H,(H2,19,24)(H,21,22);1-9H,(H,20,21)(H,23,24). The van der Waals surface area contributed by atoms with Crippen molar-refractivity contribution in [2.45, 2.75) is 0 Å². The minimum Gasteiger partial charge on any atom is -0.477 e. The molecule has 48 heavy (non-hydrogen) atoms. The van der Waals surface area contributed by atoms with E-state index in [1.807, 2.05) is 84.9 Å². The first kappa shape index (κ1) is 30.4. The van der Waals surface area contributed by atoms with Crippen LogP contribution in [0.15, 0.2) is 109 Å². The molecule has 0 radical (unpaired) electrons. The summed E-state index contributed by atoms with van der Waals surface area (Å²) in [5, 5.41) is 26.9. The van der Waals surface area contributed by atoms with Crippen LogP contribution in [0.1, 0.15) is 20.7 Å². The second-order valence-corrected chi connectivity index (χ2v) is 11.2. The van der Waals surface area contributed by atoms with Crippen LogP contribution in [-0.2, 0) is 0 Å². The maximum absolute atomic E-state index is 11.6. The molecule has 5 N–H and O–H groups in total. The number of para-hydroxylation sites is 4. The smallest absolute Gasteiger partial charge is 0.341 e. The van der Waals surface area contributed by atoms with E-state index in [9.17, 15) is 14.7 Å². The van der Waals surface area contributed by atoms with Gasteiger partial charge in [0, 0.05) is 10.8 Å². The van der Waals surface area contributed by atoms with Gasteiger partial charge in [-0.25, -0.2) is 23.8 Å². The average Bonchev–Trinajstić information content (AvgIpc) is 3.73. The monoisotopic (exact) mass is 675 g/mol. The SMILES string of the molecule is NC(=O)c1cnn2c1nc(Nc1ccccc1Cl)c1ccccc12.O=C(O)c1cnn2c1nc(Nc1ccccc1Cl)c1ccccc12. The fraction of sp³-hybridized carbons (Fsp3) is 0. The van der Waals surface area contributed by atoms with Gasteiger partial charge in [-0.1, -0.05) is 71.7 Å². The molecule has 0 spiro atoms. The molecule has 4 aromatic heterocycles. The summed E-state index contributed by atoms with van der Waals surface area (Å²) in [4.78, 5) is 32.0. The molecule has 0 atom stereocenters. The Hall–Kier alpha value is -6.24. The topological polar surface area (TPSA) is 165 Å². The van der Waals surface area contributed by atoms with Crippen molar-refractivity contribution in [3.05, 3.63) is 131 Å². The van der Waals surface area contributed by atoms with Gasteiger partial charge in [0.05, 0.1) is 44.8 Å². The average molecular weight is 677 g/mol. The third-order valence-corrected chi connectivity index (χ3v) is 8.11. The van der Waals surface area contributed by atoms with Gasteiger partial charge in [-0.3, -0.25) is 4.79 Å². The fourth-order valence-corrected chi connectivity index (χ4v) is 5.56. The number of hydrogen-bond donors (Lipinski definition) is 4. The third-order valence-electron chi connectivity index (χ3n) is 7.45. The van der Waals surface area contributed by atoms with Crippen molar-refractivity contribution in [2.75, 3.05) is 10.6 Å². The molecule has 0 unspecified atom stereocenters. The van der Waals surface area contributed by atoms with Gasteiger partial charge in [-0.15, -0.1) is 0 Å². The number of rotatable bonds is 6. The summed E-state index contributed by atoms with van der Waals surface area (Å²) in [6, 6.07) is 29.8. The largest absolute Gasteiger partial charge is 0.477 e. The quantitative estimate of drug-likeness (QED) is 0.141. The number of nitrogens with one attached hydrogen (secondary N) is 2. The molecule has 14 heteroatoms. The highest BCUT2D eigenvalue weighted by atomic mass is 35.5. The molecule has 0 fully saturated rings. The molecule has 0 aliphatic carbocycles. The molecule has 8 aromatic rings. The Morgan fingerprint density at radius 1 is 0.625 bits per heavy atom. The van der Waals surface area contributed by atoms with Crippen LogP contribution in [0.3, 0.4) is 0 Å². The van der Waals surface area contributed by atoms with Crippen LogP contribution in [0.25, 0.3) is 33.1 Å². The van der Waals surface area contributed by atoms with Gasteiger partial charge >= 0.3 is 5.97 Å². The Bertz CT molecular complexity index is 2360. The zero-order valence-electron chi connectivity index (χ0n) is 24.7. The maximum atomic E-state index is 11.6. The number of anilines is 4. The first-order valence-electron chi connectivity index (χ1n) is 14.4. The lowest BCUT2D eigenvalue weighted by molar-refractivity contribution is 0.0698. The van der Waals surface area contributed by atoms with Crippen LogP contribution < -0.4 is 16.4 Å². The van der Waals surface area contributed by atoms with Gasteiger partial charge in [-0.05, 0) is 48.5 Å². The molecule has 236 valence electrons. The second-order valence-electron chi connectivity index (χ2n) is 10.4. The molecule has 0 saturated heterocycles. The van der Waals surface area contributed by atoms with Gasteiger partial charge in [-0.2, -0.15) is 10.2 Å². The number of aromatic nitrogens is 6. The molecule has 12 nitrogen and oxygen atoms in total. The number of fused-ring (bicyclic) bond motifs is 6. The van der Waals surface area contributed by atoms with E-state index in [4.69, 9.17) is 28.9 Å². The highest BCUT2D eigenvalue weighted by Gasteiger charge is 2.18. The highest BCUT2D eigenvalue weighted by molar-refractivity contribution is 6.33. The lowest BCUT2D eigenvalue weighted by atomic mass is 10.2. The molecule has 4 aromatic carbocycles. The summed E-state index contributed by atoms with van der Waals surface area (Å²) in [5.41, 5.74) is 9.38. The number of nitrogens with two attached hydrogens (primary N) is 1. The number of benzene rings is 4. The summed E-state index contributed by atoms with van der Waals surface area (Å²) in [6.45, 7) is 0. The molecule has 0 aliphatic heterocycles. The normalized spacial score (nSPS) is 11.0. The fourth-order valence-electron chi connectivity index (χ4n) is 5.20. The van der Waals surface area contributed by atoms with Gasteiger partial charge in [0.2, 0.25) is 0 Å². The van der Waals surface area contributed by atoms with E-state index in [1.165, 1.54) is 16.9 Å². The Morgan fingerprint density at radius 3 is 1.50 bits per heavy atom. The van der Waals surface area contributed by atoms with Gasteiger partial charge in [0.15, 0.2) is 11.3 Å². The van der Waals surface area contributed by atoms with Crippen LogP contribution in [0.4, 0.5) is 23.0 Å². The van der Waals surface area contributed by atoms with E-state index in [2.05, 4.69) is 30.8 Å². The van der Waals surface area contributed by atoms with E-state index < -0.39 is 11.9 Å². The maximum Gasteiger partial charge on any atom is 0.341 e. The van der Waals surface area contributed by atoms with Crippen LogP contribution in [0.5, 0.6) is 0 Å². The lowest BCUT2D eigenvalue weighted by Gasteiger charge is -2.11. The first-order valence-corrected chi connectivity index (χ1v) is 15.1. The van der Waals surface area contributed by atoms with Crippen LogP contribution in [0.2, 0.25) is 10.0 Å². The minimum absolute atomic E-state index is 0.0444. The predicted molar refractivity (Wildman–Crippen MR) is 186 cm³/mol. The second kappa shape index (κ2) is 12.5. The number of nitrogens with zero attached hydrogens (tertiary/aromatic N) is 6. The third kappa shape index (κ3) is 5.55. The Labute approximate surface area is 281 Å². The molecule has 0 saturated carbocycles. The van der Waals surface area contributed by atoms with Crippen molar-refractivity contribution in [2.24, 2.45) is 5.73 Å². The van der Waals surface area contributed by atoms with Gasteiger partial charge in [0.25, 0.3) is 5.91 Å². The summed E-state index contributed by atoms with van der Waals surface area (Å²) in [6.07, 6.45) is 2.73. The Morgan fingerprint density at radius 2 is 1.04 bits per heavy atom. The van der Waals surface area contributed by atoms with Crippen molar-refractivity contribution >= 4 is 91.2 Å². The molecular weight excluding hydrogens is 653 g/mol. The summed E-state index contributed by atoms with van der Waals surface area (Å²) in [5.74, 6) is -0.545.